The molecule has 0 N–H and O–H groups in total. The first-order valence-corrected chi connectivity index (χ1v) is 13.4. The third kappa shape index (κ3) is 6.00. The molecule has 0 aromatic carbocycles. The second kappa shape index (κ2) is 11.9. The fourth-order valence-electron chi connectivity index (χ4n) is 4.98. The molecule has 4 aliphatic heterocycles. The van der Waals surface area contributed by atoms with Crippen molar-refractivity contribution in [1.29, 1.82) is 0 Å². The molecular formula is C24H32Cl2N6O6. The molecule has 2 aromatic rings. The lowest BCUT2D eigenvalue weighted by molar-refractivity contribution is -0.169. The molecule has 12 nitrogen and oxygen atoms in total. The van der Waals surface area contributed by atoms with Crippen molar-refractivity contribution in [3.05, 3.63) is 22.4 Å². The van der Waals surface area contributed by atoms with Gasteiger partial charge < -0.3 is 38.2 Å². The summed E-state index contributed by atoms with van der Waals surface area (Å²) in [6.07, 6.45) is 6.40. The van der Waals surface area contributed by atoms with Crippen LogP contribution >= 0.6 is 23.2 Å². The smallest absolute Gasteiger partial charge is 0.318 e. The summed E-state index contributed by atoms with van der Waals surface area (Å²) < 4.78 is 32.9. The molecule has 0 bridgehead atoms. The highest BCUT2D eigenvalue weighted by Gasteiger charge is 2.41. The van der Waals surface area contributed by atoms with Gasteiger partial charge in [0.15, 0.2) is 17.4 Å². The van der Waals surface area contributed by atoms with E-state index in [1.807, 2.05) is 0 Å². The second-order valence-electron chi connectivity index (χ2n) is 9.24. The van der Waals surface area contributed by atoms with E-state index in [4.69, 9.17) is 51.6 Å². The molecule has 6 heterocycles. The summed E-state index contributed by atoms with van der Waals surface area (Å²) in [5, 5.41) is 0.951. The lowest BCUT2D eigenvalue weighted by Crippen LogP contribution is -2.45. The van der Waals surface area contributed by atoms with E-state index in [-0.39, 0.29) is 11.6 Å². The van der Waals surface area contributed by atoms with Gasteiger partial charge in [-0.2, -0.15) is 9.97 Å². The molecular weight excluding hydrogens is 539 g/mol. The molecule has 4 saturated heterocycles. The third-order valence-corrected chi connectivity index (χ3v) is 7.56. The molecule has 2 spiro atoms. The van der Waals surface area contributed by atoms with E-state index in [0.29, 0.717) is 60.1 Å². The van der Waals surface area contributed by atoms with Crippen LogP contribution in [0.3, 0.4) is 0 Å². The Morgan fingerprint density at radius 2 is 1.24 bits per heavy atom. The number of nitrogens with zero attached hydrogens (tertiary/aromatic N) is 6. The standard InChI is InChI=1S/2C12H16ClN3O3/c1-17-10-9(13)8-14-11(15-10)16-4-2-12(3-5-16)18-6-7-19-12;1-17-11-14-8-9(13)10(15-11)16-4-2-12(3-5-16)18-6-7-19-12/h2*8H,2-7H2,1H3. The molecule has 6 rings (SSSR count). The van der Waals surface area contributed by atoms with Crippen molar-refractivity contribution in [2.75, 3.05) is 76.6 Å². The number of methoxy groups -OCH3 is 2. The zero-order valence-corrected chi connectivity index (χ0v) is 23.0. The number of anilines is 2. The number of hydrogen-bond donors (Lipinski definition) is 0. The van der Waals surface area contributed by atoms with Gasteiger partial charge in [0.2, 0.25) is 11.8 Å². The minimum Gasteiger partial charge on any atom is -0.480 e. The first-order chi connectivity index (χ1) is 18.4. The Hall–Kier alpha value is -2.22. The van der Waals surface area contributed by atoms with E-state index in [1.54, 1.807) is 26.6 Å². The number of ether oxygens (including phenoxy) is 6. The largest absolute Gasteiger partial charge is 0.480 e. The Balaban J connectivity index is 0.000000155. The molecule has 0 aliphatic carbocycles. The lowest BCUT2D eigenvalue weighted by Gasteiger charge is -2.38. The zero-order valence-electron chi connectivity index (χ0n) is 21.5. The summed E-state index contributed by atoms with van der Waals surface area (Å²) in [5.74, 6) is 0.975. The van der Waals surface area contributed by atoms with Gasteiger partial charge in [-0.05, 0) is 0 Å². The van der Waals surface area contributed by atoms with Gasteiger partial charge in [0.1, 0.15) is 10.0 Å². The molecule has 14 heteroatoms. The van der Waals surface area contributed by atoms with E-state index in [0.717, 1.165) is 51.9 Å². The molecule has 0 atom stereocenters. The zero-order chi connectivity index (χ0) is 26.6. The monoisotopic (exact) mass is 570 g/mol. The van der Waals surface area contributed by atoms with Gasteiger partial charge in [0.25, 0.3) is 0 Å². The molecule has 4 aliphatic rings. The lowest BCUT2D eigenvalue weighted by atomic mass is 10.0. The van der Waals surface area contributed by atoms with E-state index in [9.17, 15) is 0 Å². The first kappa shape index (κ1) is 27.4. The SMILES string of the molecule is COc1nc(N2CCC3(CC2)OCCO3)ncc1Cl.COc1ncc(Cl)c(N2CCC3(CC2)OCCO3)n1. The summed E-state index contributed by atoms with van der Waals surface area (Å²) in [4.78, 5) is 21.1. The van der Waals surface area contributed by atoms with Crippen LogP contribution < -0.4 is 19.3 Å². The molecule has 0 unspecified atom stereocenters. The Kier molecular flexibility index (Phi) is 8.56. The van der Waals surface area contributed by atoms with Gasteiger partial charge in [-0.1, -0.05) is 23.2 Å². The van der Waals surface area contributed by atoms with Gasteiger partial charge in [-0.25, -0.2) is 9.97 Å². The highest BCUT2D eigenvalue weighted by molar-refractivity contribution is 6.32. The van der Waals surface area contributed by atoms with Crippen LogP contribution in [0.2, 0.25) is 10.0 Å². The van der Waals surface area contributed by atoms with Crippen LogP contribution in [0, 0.1) is 0 Å². The van der Waals surface area contributed by atoms with Gasteiger partial charge in [0, 0.05) is 51.9 Å². The summed E-state index contributed by atoms with van der Waals surface area (Å²) in [6, 6.07) is 0.327. The molecule has 38 heavy (non-hydrogen) atoms. The Labute approximate surface area is 231 Å². The Morgan fingerprint density at radius 3 is 1.76 bits per heavy atom. The highest BCUT2D eigenvalue weighted by Crippen LogP contribution is 2.35. The van der Waals surface area contributed by atoms with Crippen molar-refractivity contribution in [3.63, 3.8) is 0 Å². The highest BCUT2D eigenvalue weighted by atomic mass is 35.5. The number of aromatic nitrogens is 4. The molecule has 208 valence electrons. The first-order valence-electron chi connectivity index (χ1n) is 12.6. The van der Waals surface area contributed by atoms with Crippen LogP contribution in [0.5, 0.6) is 11.9 Å². The van der Waals surface area contributed by atoms with Gasteiger partial charge in [0.05, 0.1) is 53.0 Å². The van der Waals surface area contributed by atoms with Crippen molar-refractivity contribution in [3.8, 4) is 11.9 Å². The van der Waals surface area contributed by atoms with Crippen LogP contribution in [0.1, 0.15) is 25.7 Å². The van der Waals surface area contributed by atoms with Crippen LogP contribution in [0.25, 0.3) is 0 Å². The van der Waals surface area contributed by atoms with Crippen molar-refractivity contribution in [1.82, 2.24) is 19.9 Å². The quantitative estimate of drug-likeness (QED) is 0.538. The third-order valence-electron chi connectivity index (χ3n) is 7.04. The minimum atomic E-state index is -0.389. The van der Waals surface area contributed by atoms with Crippen molar-refractivity contribution >= 4 is 35.0 Å². The fraction of sp³-hybridized carbons (Fsp3) is 0.667. The molecule has 0 amide bonds. The second-order valence-corrected chi connectivity index (χ2v) is 10.1. The topological polar surface area (TPSA) is 113 Å². The molecule has 0 radical (unpaired) electrons. The van der Waals surface area contributed by atoms with Crippen LogP contribution in [0.4, 0.5) is 11.8 Å². The van der Waals surface area contributed by atoms with Crippen molar-refractivity contribution in [2.24, 2.45) is 0 Å². The average Bonchev–Trinajstić information content (AvgIpc) is 3.61. The van der Waals surface area contributed by atoms with E-state index >= 15 is 0 Å². The molecule has 4 fully saturated rings. The van der Waals surface area contributed by atoms with Crippen molar-refractivity contribution in [2.45, 2.75) is 37.3 Å². The van der Waals surface area contributed by atoms with Crippen LogP contribution in [-0.4, -0.2) is 98.3 Å². The van der Waals surface area contributed by atoms with Gasteiger partial charge >= 0.3 is 6.01 Å². The predicted molar refractivity (Wildman–Crippen MR) is 139 cm³/mol. The average molecular weight is 571 g/mol. The number of piperidine rings is 2. The van der Waals surface area contributed by atoms with E-state index < -0.39 is 0 Å². The Bertz CT molecular complexity index is 1080. The van der Waals surface area contributed by atoms with Gasteiger partial charge in [-0.3, -0.25) is 0 Å². The maximum absolute atomic E-state index is 6.15. The van der Waals surface area contributed by atoms with E-state index in [1.165, 1.54) is 0 Å². The fourth-order valence-corrected chi connectivity index (χ4v) is 5.36. The summed E-state index contributed by atoms with van der Waals surface area (Å²) in [5.41, 5.74) is 0. The maximum Gasteiger partial charge on any atom is 0.318 e. The van der Waals surface area contributed by atoms with Crippen molar-refractivity contribution < 1.29 is 28.4 Å². The Morgan fingerprint density at radius 1 is 0.711 bits per heavy atom. The van der Waals surface area contributed by atoms with Crippen LogP contribution in [-0.2, 0) is 18.9 Å². The number of halogens is 2. The normalized spacial score (nSPS) is 21.9. The number of rotatable bonds is 4. The van der Waals surface area contributed by atoms with Gasteiger partial charge in [-0.15, -0.1) is 0 Å². The van der Waals surface area contributed by atoms with E-state index in [2.05, 4.69) is 29.7 Å². The van der Waals surface area contributed by atoms with Crippen LogP contribution in [0.15, 0.2) is 12.4 Å². The molecule has 0 saturated carbocycles. The summed E-state index contributed by atoms with van der Waals surface area (Å²) in [7, 11) is 3.09. The predicted octanol–water partition coefficient (Wildman–Crippen LogP) is 2.96. The summed E-state index contributed by atoms with van der Waals surface area (Å²) >= 11 is 12.1. The maximum atomic E-state index is 6.15. The number of hydrogen-bond acceptors (Lipinski definition) is 12. The minimum absolute atomic E-state index is 0.327. The summed E-state index contributed by atoms with van der Waals surface area (Å²) in [6.45, 7) is 5.91. The molecule has 2 aromatic heterocycles.